The number of aryl methyl sites for hydroxylation is 1. The van der Waals surface area contributed by atoms with E-state index in [-0.39, 0.29) is 0 Å². The molecule has 0 radical (unpaired) electrons. The summed E-state index contributed by atoms with van der Waals surface area (Å²) in [5, 5.41) is 3.75. The Bertz CT molecular complexity index is 614. The molecule has 1 aliphatic carbocycles. The van der Waals surface area contributed by atoms with Gasteiger partial charge in [0.1, 0.15) is 5.82 Å². The van der Waals surface area contributed by atoms with Gasteiger partial charge < -0.3 is 19.9 Å². The third kappa shape index (κ3) is 2.56. The maximum Gasteiger partial charge on any atom is 0.227 e. The van der Waals surface area contributed by atoms with E-state index in [2.05, 4.69) is 43.1 Å². The van der Waals surface area contributed by atoms with Crippen LogP contribution < -0.4 is 10.2 Å². The summed E-state index contributed by atoms with van der Waals surface area (Å²) >= 11 is 0. The van der Waals surface area contributed by atoms with Gasteiger partial charge in [0.05, 0.1) is 18.2 Å². The Morgan fingerprint density at radius 3 is 2.62 bits per heavy atom. The predicted octanol–water partition coefficient (Wildman–Crippen LogP) is 1.82. The van der Waals surface area contributed by atoms with Gasteiger partial charge in [-0.25, -0.2) is 4.98 Å². The highest BCUT2D eigenvalue weighted by atomic mass is 16.5. The monoisotopic (exact) mass is 331 g/mol. The molecule has 6 nitrogen and oxygen atoms in total. The van der Waals surface area contributed by atoms with E-state index >= 15 is 0 Å². The molecule has 0 spiro atoms. The fraction of sp³-hybridized carbons (Fsp3) is 0.778. The molecule has 3 fully saturated rings. The zero-order chi connectivity index (χ0) is 16.8. The Labute approximate surface area is 144 Å². The van der Waals surface area contributed by atoms with Crippen molar-refractivity contribution < 1.29 is 4.74 Å². The number of nitrogens with zero attached hydrogens (tertiary/aromatic N) is 4. The van der Waals surface area contributed by atoms with Crippen molar-refractivity contribution in [1.29, 1.82) is 0 Å². The van der Waals surface area contributed by atoms with Crippen LogP contribution in [0.15, 0.2) is 0 Å². The van der Waals surface area contributed by atoms with E-state index in [0.717, 1.165) is 49.1 Å². The summed E-state index contributed by atoms with van der Waals surface area (Å²) in [5.41, 5.74) is 2.24. The quantitative estimate of drug-likeness (QED) is 0.908. The predicted molar refractivity (Wildman–Crippen MR) is 95.7 cm³/mol. The lowest BCUT2D eigenvalue weighted by atomic mass is 9.71. The van der Waals surface area contributed by atoms with E-state index in [1.165, 1.54) is 12.8 Å². The minimum absolute atomic E-state index is 0.374. The average molecular weight is 331 g/mol. The molecule has 1 saturated carbocycles. The second kappa shape index (κ2) is 6.15. The number of hydrogen-bond acceptors (Lipinski definition) is 6. The highest BCUT2D eigenvalue weighted by molar-refractivity contribution is 5.52. The summed E-state index contributed by atoms with van der Waals surface area (Å²) in [5.74, 6) is 2.49. The van der Waals surface area contributed by atoms with E-state index in [1.807, 2.05) is 0 Å². The second-order valence-electron chi connectivity index (χ2n) is 7.69. The molecule has 2 aliphatic heterocycles. The van der Waals surface area contributed by atoms with Crippen LogP contribution in [0, 0.1) is 19.8 Å². The van der Waals surface area contributed by atoms with Crippen LogP contribution in [0.25, 0.3) is 0 Å². The van der Waals surface area contributed by atoms with Crippen molar-refractivity contribution in [2.75, 3.05) is 44.0 Å². The zero-order valence-corrected chi connectivity index (χ0v) is 15.2. The molecule has 132 valence electrons. The normalized spacial score (nSPS) is 32.1. The van der Waals surface area contributed by atoms with Gasteiger partial charge in [0.15, 0.2) is 0 Å². The lowest BCUT2D eigenvalue weighted by molar-refractivity contribution is -0.0516. The molecule has 3 aliphatic rings. The summed E-state index contributed by atoms with van der Waals surface area (Å²) in [6.07, 6.45) is 4.00. The van der Waals surface area contributed by atoms with Gasteiger partial charge in [-0.2, -0.15) is 4.98 Å². The molecule has 24 heavy (non-hydrogen) atoms. The molecule has 0 aromatic carbocycles. The second-order valence-corrected chi connectivity index (χ2v) is 7.69. The topological polar surface area (TPSA) is 53.5 Å². The highest BCUT2D eigenvalue weighted by Crippen LogP contribution is 2.43. The summed E-state index contributed by atoms with van der Waals surface area (Å²) in [7, 11) is 4.29. The average Bonchev–Trinajstić information content (AvgIpc) is 3.18. The van der Waals surface area contributed by atoms with Crippen LogP contribution >= 0.6 is 0 Å². The molecular formula is C18H29N5O. The zero-order valence-electron chi connectivity index (χ0n) is 15.2. The molecular weight excluding hydrogens is 302 g/mol. The van der Waals surface area contributed by atoms with Gasteiger partial charge in [-0.05, 0) is 47.2 Å². The molecule has 1 N–H and O–H groups in total. The molecule has 6 heteroatoms. The molecule has 0 bridgehead atoms. The first-order valence-electron chi connectivity index (χ1n) is 9.21. The number of anilines is 2. The standard InChI is InChI=1S/C18H29N5O/c1-11-12(2)19-18(23-8-5-6-9-23)21-17(11)20-14-13-7-10-24-16(13)15(14)22(3)4/h13-16H,5-10H2,1-4H3,(H,19,20,21)/t13-,14+,15-,16-/m1/s1. The van der Waals surface area contributed by atoms with Gasteiger partial charge in [-0.3, -0.25) is 0 Å². The lowest BCUT2D eigenvalue weighted by Gasteiger charge is -2.51. The van der Waals surface area contributed by atoms with Gasteiger partial charge >= 0.3 is 0 Å². The smallest absolute Gasteiger partial charge is 0.227 e. The largest absolute Gasteiger partial charge is 0.376 e. The number of ether oxygens (including phenoxy) is 1. The van der Waals surface area contributed by atoms with Crippen molar-refractivity contribution >= 4 is 11.8 Å². The van der Waals surface area contributed by atoms with E-state index in [1.54, 1.807) is 0 Å². The molecule has 0 unspecified atom stereocenters. The number of nitrogens with one attached hydrogen (secondary N) is 1. The fourth-order valence-corrected chi connectivity index (χ4v) is 4.45. The van der Waals surface area contributed by atoms with Crippen LogP contribution in [0.1, 0.15) is 30.5 Å². The van der Waals surface area contributed by atoms with E-state index in [9.17, 15) is 0 Å². The summed E-state index contributed by atoms with van der Waals surface area (Å²) < 4.78 is 5.93. The molecule has 4 rings (SSSR count). The summed E-state index contributed by atoms with van der Waals surface area (Å²) in [6, 6.07) is 0.828. The van der Waals surface area contributed by atoms with Gasteiger partial charge in [0, 0.05) is 36.9 Å². The summed E-state index contributed by atoms with van der Waals surface area (Å²) in [6.45, 7) is 7.25. The van der Waals surface area contributed by atoms with Crippen LogP contribution in [-0.2, 0) is 4.74 Å². The van der Waals surface area contributed by atoms with Crippen LogP contribution in [-0.4, -0.2) is 66.8 Å². The van der Waals surface area contributed by atoms with Crippen LogP contribution in [0.5, 0.6) is 0 Å². The fourth-order valence-electron chi connectivity index (χ4n) is 4.45. The Morgan fingerprint density at radius 1 is 1.17 bits per heavy atom. The SMILES string of the molecule is Cc1nc(N2CCCC2)nc(N[C@H]2[C@H]3CCO[C@H]3[C@@H]2N(C)C)c1C. The Morgan fingerprint density at radius 2 is 1.92 bits per heavy atom. The minimum Gasteiger partial charge on any atom is -0.376 e. The van der Waals surface area contributed by atoms with Crippen molar-refractivity contribution in [3.05, 3.63) is 11.3 Å². The molecule has 2 saturated heterocycles. The number of fused-ring (bicyclic) bond motifs is 1. The Hall–Kier alpha value is -1.40. The van der Waals surface area contributed by atoms with Crippen LogP contribution in [0.2, 0.25) is 0 Å². The number of rotatable bonds is 4. The number of likely N-dealkylation sites (N-methyl/N-ethyl adjacent to an activating group) is 1. The van der Waals surface area contributed by atoms with Gasteiger partial charge in [-0.15, -0.1) is 0 Å². The van der Waals surface area contributed by atoms with Gasteiger partial charge in [0.2, 0.25) is 5.95 Å². The summed E-state index contributed by atoms with van der Waals surface area (Å²) in [4.78, 5) is 14.2. The number of aromatic nitrogens is 2. The Balaban J connectivity index is 1.59. The third-order valence-corrected chi connectivity index (χ3v) is 6.02. The molecule has 1 aromatic heterocycles. The van der Waals surface area contributed by atoms with Gasteiger partial charge in [0.25, 0.3) is 0 Å². The first kappa shape index (κ1) is 16.1. The van der Waals surface area contributed by atoms with E-state index in [4.69, 9.17) is 14.7 Å². The van der Waals surface area contributed by atoms with Crippen molar-refractivity contribution in [3.63, 3.8) is 0 Å². The number of hydrogen-bond donors (Lipinski definition) is 1. The van der Waals surface area contributed by atoms with Crippen LogP contribution in [0.4, 0.5) is 11.8 Å². The highest BCUT2D eigenvalue weighted by Gasteiger charge is 2.55. The molecule has 1 aromatic rings. The lowest BCUT2D eigenvalue weighted by Crippen LogP contribution is -2.66. The molecule has 3 heterocycles. The van der Waals surface area contributed by atoms with Gasteiger partial charge in [-0.1, -0.05) is 0 Å². The Kier molecular flexibility index (Phi) is 4.12. The van der Waals surface area contributed by atoms with Crippen molar-refractivity contribution in [3.8, 4) is 0 Å². The van der Waals surface area contributed by atoms with Crippen LogP contribution in [0.3, 0.4) is 0 Å². The van der Waals surface area contributed by atoms with Crippen molar-refractivity contribution in [2.24, 2.45) is 5.92 Å². The van der Waals surface area contributed by atoms with Crippen molar-refractivity contribution in [1.82, 2.24) is 14.9 Å². The molecule has 4 atom stereocenters. The first-order valence-corrected chi connectivity index (χ1v) is 9.21. The maximum absolute atomic E-state index is 5.93. The maximum atomic E-state index is 5.93. The van der Waals surface area contributed by atoms with Crippen molar-refractivity contribution in [2.45, 2.75) is 51.3 Å². The third-order valence-electron chi connectivity index (χ3n) is 6.02. The van der Waals surface area contributed by atoms with E-state index < -0.39 is 0 Å². The molecule has 0 amide bonds. The first-order chi connectivity index (χ1) is 11.6. The van der Waals surface area contributed by atoms with E-state index in [0.29, 0.717) is 24.1 Å². The minimum atomic E-state index is 0.374.